The van der Waals surface area contributed by atoms with Crippen LogP contribution >= 0.6 is 11.8 Å². The number of benzene rings is 1. The van der Waals surface area contributed by atoms with E-state index in [0.717, 1.165) is 36.3 Å². The number of rotatable bonds is 5. The lowest BCUT2D eigenvalue weighted by molar-refractivity contribution is 0.319. The summed E-state index contributed by atoms with van der Waals surface area (Å²) in [6.45, 7) is 4.94. The van der Waals surface area contributed by atoms with E-state index in [-0.39, 0.29) is 5.25 Å². The molecule has 1 aromatic heterocycles. The minimum absolute atomic E-state index is 0.147. The molecule has 0 amide bonds. The summed E-state index contributed by atoms with van der Waals surface area (Å²) >= 11 is 1.45. The van der Waals surface area contributed by atoms with Gasteiger partial charge in [-0.15, -0.1) is 10.2 Å². The Balaban J connectivity index is 1.93. The molecule has 1 aliphatic rings. The molecule has 0 spiro atoms. The van der Waals surface area contributed by atoms with Gasteiger partial charge in [0.25, 0.3) is 0 Å². The number of aromatic nitrogens is 3. The van der Waals surface area contributed by atoms with Crippen LogP contribution in [0, 0.1) is 11.3 Å². The van der Waals surface area contributed by atoms with Crippen molar-refractivity contribution in [2.75, 3.05) is 13.1 Å². The van der Waals surface area contributed by atoms with Crippen molar-refractivity contribution in [1.29, 1.82) is 5.26 Å². The summed E-state index contributed by atoms with van der Waals surface area (Å²) in [4.78, 5) is 2.41. The molecule has 1 aromatic carbocycles. The average Bonchev–Trinajstić information content (AvgIpc) is 3.19. The van der Waals surface area contributed by atoms with Crippen molar-refractivity contribution in [2.45, 2.75) is 36.7 Å². The summed E-state index contributed by atoms with van der Waals surface area (Å²) in [6.07, 6.45) is 2.51. The van der Waals surface area contributed by atoms with Gasteiger partial charge < -0.3 is 0 Å². The van der Waals surface area contributed by atoms with Crippen LogP contribution in [0.1, 0.15) is 25.6 Å². The molecule has 2 heterocycles. The highest BCUT2D eigenvalue weighted by Gasteiger charge is 2.20. The Kier molecular flexibility index (Phi) is 4.76. The van der Waals surface area contributed by atoms with Gasteiger partial charge in [0.05, 0.1) is 17.9 Å². The molecule has 6 heteroatoms. The monoisotopic (exact) mass is 313 g/mol. The Morgan fingerprint density at radius 1 is 1.23 bits per heavy atom. The van der Waals surface area contributed by atoms with Gasteiger partial charge in [0.1, 0.15) is 0 Å². The molecule has 0 radical (unpaired) electrons. The Morgan fingerprint density at radius 3 is 2.64 bits per heavy atom. The fourth-order valence-electron chi connectivity index (χ4n) is 2.64. The van der Waals surface area contributed by atoms with Gasteiger partial charge in [-0.1, -0.05) is 30.0 Å². The zero-order chi connectivity index (χ0) is 15.4. The van der Waals surface area contributed by atoms with Gasteiger partial charge in [-0.25, -0.2) is 0 Å². The number of para-hydroxylation sites is 1. The van der Waals surface area contributed by atoms with Crippen LogP contribution < -0.4 is 0 Å². The first-order chi connectivity index (χ1) is 10.8. The van der Waals surface area contributed by atoms with E-state index in [0.29, 0.717) is 0 Å². The third kappa shape index (κ3) is 3.32. The minimum Gasteiger partial charge on any atom is -0.296 e. The normalized spacial score (nSPS) is 16.5. The molecule has 22 heavy (non-hydrogen) atoms. The summed E-state index contributed by atoms with van der Waals surface area (Å²) in [5.74, 6) is 0.945. The van der Waals surface area contributed by atoms with Crippen LogP contribution in [0.5, 0.6) is 0 Å². The van der Waals surface area contributed by atoms with Crippen molar-refractivity contribution in [3.05, 3.63) is 36.2 Å². The highest BCUT2D eigenvalue weighted by atomic mass is 32.2. The number of nitriles is 1. The Morgan fingerprint density at radius 2 is 1.95 bits per heavy atom. The molecule has 1 aliphatic heterocycles. The standard InChI is InChI=1S/C16H19N5S/c1-13(11-17)22-16-19-18-15(12-20-9-5-6-10-20)21(16)14-7-3-2-4-8-14/h2-4,7-8,13H,5-6,9-10,12H2,1H3/t13-/m1/s1. The summed E-state index contributed by atoms with van der Waals surface area (Å²) in [5, 5.41) is 18.4. The Hall–Kier alpha value is -1.84. The molecule has 1 saturated heterocycles. The smallest absolute Gasteiger partial charge is 0.197 e. The minimum atomic E-state index is -0.147. The molecular weight excluding hydrogens is 294 g/mol. The first kappa shape index (κ1) is 15.1. The molecule has 114 valence electrons. The van der Waals surface area contributed by atoms with E-state index in [2.05, 4.69) is 37.9 Å². The maximum atomic E-state index is 9.06. The van der Waals surface area contributed by atoms with Crippen LogP contribution in [0.2, 0.25) is 0 Å². The van der Waals surface area contributed by atoms with Crippen LogP contribution in [0.3, 0.4) is 0 Å². The van der Waals surface area contributed by atoms with E-state index in [1.54, 1.807) is 0 Å². The van der Waals surface area contributed by atoms with Gasteiger partial charge in [-0.2, -0.15) is 5.26 Å². The molecule has 0 aliphatic carbocycles. The summed E-state index contributed by atoms with van der Waals surface area (Å²) in [5.41, 5.74) is 1.05. The summed E-state index contributed by atoms with van der Waals surface area (Å²) in [7, 11) is 0. The third-order valence-corrected chi connectivity index (χ3v) is 4.68. The van der Waals surface area contributed by atoms with Crippen molar-refractivity contribution in [3.8, 4) is 11.8 Å². The first-order valence-electron chi connectivity index (χ1n) is 7.56. The second-order valence-electron chi connectivity index (χ2n) is 5.44. The second kappa shape index (κ2) is 6.95. The van der Waals surface area contributed by atoms with E-state index in [4.69, 9.17) is 5.26 Å². The van der Waals surface area contributed by atoms with Crippen molar-refractivity contribution >= 4 is 11.8 Å². The van der Waals surface area contributed by atoms with Gasteiger partial charge in [-0.05, 0) is 45.0 Å². The molecule has 2 aromatic rings. The number of hydrogen-bond acceptors (Lipinski definition) is 5. The maximum absolute atomic E-state index is 9.06. The number of hydrogen-bond donors (Lipinski definition) is 0. The van der Waals surface area contributed by atoms with E-state index < -0.39 is 0 Å². The maximum Gasteiger partial charge on any atom is 0.197 e. The van der Waals surface area contributed by atoms with Gasteiger partial charge in [0.2, 0.25) is 0 Å². The molecule has 0 N–H and O–H groups in total. The number of likely N-dealkylation sites (tertiary alicyclic amines) is 1. The van der Waals surface area contributed by atoms with Crippen molar-refractivity contribution in [1.82, 2.24) is 19.7 Å². The van der Waals surface area contributed by atoms with E-state index in [1.807, 2.05) is 25.1 Å². The molecule has 0 unspecified atom stereocenters. The van der Waals surface area contributed by atoms with Crippen molar-refractivity contribution in [2.24, 2.45) is 0 Å². The summed E-state index contributed by atoms with van der Waals surface area (Å²) in [6, 6.07) is 12.4. The molecule has 0 saturated carbocycles. The first-order valence-corrected chi connectivity index (χ1v) is 8.44. The quantitative estimate of drug-likeness (QED) is 0.794. The zero-order valence-electron chi connectivity index (χ0n) is 12.6. The molecule has 0 bridgehead atoms. The van der Waals surface area contributed by atoms with Crippen LogP contribution in [-0.2, 0) is 6.54 Å². The van der Waals surface area contributed by atoms with Crippen molar-refractivity contribution < 1.29 is 0 Å². The Bertz CT molecular complexity index is 655. The van der Waals surface area contributed by atoms with Crippen LogP contribution in [0.15, 0.2) is 35.5 Å². The lowest BCUT2D eigenvalue weighted by Crippen LogP contribution is -2.21. The topological polar surface area (TPSA) is 57.7 Å². The fraction of sp³-hybridized carbons (Fsp3) is 0.438. The van der Waals surface area contributed by atoms with Crippen LogP contribution in [0.25, 0.3) is 5.69 Å². The van der Waals surface area contributed by atoms with E-state index in [9.17, 15) is 0 Å². The van der Waals surface area contributed by atoms with Crippen LogP contribution in [0.4, 0.5) is 0 Å². The Labute approximate surface area is 135 Å². The number of nitrogens with zero attached hydrogens (tertiary/aromatic N) is 5. The average molecular weight is 313 g/mol. The predicted molar refractivity (Wildman–Crippen MR) is 86.8 cm³/mol. The predicted octanol–water partition coefficient (Wildman–Crippen LogP) is 2.87. The second-order valence-corrected chi connectivity index (χ2v) is 6.75. The molecule has 5 nitrogen and oxygen atoms in total. The largest absolute Gasteiger partial charge is 0.296 e. The zero-order valence-corrected chi connectivity index (χ0v) is 13.5. The summed E-state index contributed by atoms with van der Waals surface area (Å²) < 4.78 is 2.08. The van der Waals surface area contributed by atoms with E-state index in [1.165, 1.54) is 24.6 Å². The molecule has 1 fully saturated rings. The highest BCUT2D eigenvalue weighted by molar-refractivity contribution is 8.00. The number of thioether (sulfide) groups is 1. The lowest BCUT2D eigenvalue weighted by atomic mass is 10.3. The van der Waals surface area contributed by atoms with Gasteiger partial charge in [-0.3, -0.25) is 9.47 Å². The molecule has 3 rings (SSSR count). The van der Waals surface area contributed by atoms with Gasteiger partial charge >= 0.3 is 0 Å². The van der Waals surface area contributed by atoms with Crippen molar-refractivity contribution in [3.63, 3.8) is 0 Å². The molecule has 1 atom stereocenters. The van der Waals surface area contributed by atoms with Crippen LogP contribution in [-0.4, -0.2) is 38.0 Å². The highest BCUT2D eigenvalue weighted by Crippen LogP contribution is 2.26. The van der Waals surface area contributed by atoms with Gasteiger partial charge in [0.15, 0.2) is 11.0 Å². The van der Waals surface area contributed by atoms with Gasteiger partial charge in [0, 0.05) is 5.69 Å². The van der Waals surface area contributed by atoms with E-state index >= 15 is 0 Å². The molecular formula is C16H19N5S. The fourth-order valence-corrected chi connectivity index (χ4v) is 3.41. The SMILES string of the molecule is C[C@H](C#N)Sc1nnc(CN2CCCC2)n1-c1ccccc1. The third-order valence-electron chi connectivity index (χ3n) is 3.74. The lowest BCUT2D eigenvalue weighted by Gasteiger charge is -2.16.